The predicted octanol–water partition coefficient (Wildman–Crippen LogP) is 4.02. The number of aliphatic hydroxyl groups is 1. The zero-order chi connectivity index (χ0) is 26.0. The summed E-state index contributed by atoms with van der Waals surface area (Å²) >= 11 is 0. The van der Waals surface area contributed by atoms with Crippen LogP contribution < -0.4 is 0 Å². The fourth-order valence-corrected chi connectivity index (χ4v) is 8.57. The van der Waals surface area contributed by atoms with Crippen molar-refractivity contribution < 1.29 is 19.4 Å². The number of epoxide rings is 1. The largest absolute Gasteiger partial charge is 0.462 e. The van der Waals surface area contributed by atoms with Gasteiger partial charge in [-0.3, -0.25) is 14.6 Å². The lowest BCUT2D eigenvalue weighted by Crippen LogP contribution is -2.57. The van der Waals surface area contributed by atoms with Gasteiger partial charge in [-0.15, -0.1) is 0 Å². The minimum absolute atomic E-state index is 0.000480. The molecule has 1 spiro atoms. The Kier molecular flexibility index (Phi) is 5.97. The third-order valence-corrected chi connectivity index (χ3v) is 10.7. The van der Waals surface area contributed by atoms with Gasteiger partial charge in [0.2, 0.25) is 0 Å². The van der Waals surface area contributed by atoms with E-state index >= 15 is 0 Å². The van der Waals surface area contributed by atoms with E-state index in [9.17, 15) is 9.90 Å². The molecule has 38 heavy (non-hydrogen) atoms. The Morgan fingerprint density at radius 3 is 2.21 bits per heavy atom. The van der Waals surface area contributed by atoms with Crippen molar-refractivity contribution in [3.05, 3.63) is 71.8 Å². The summed E-state index contributed by atoms with van der Waals surface area (Å²) in [6, 6.07) is 19.9. The van der Waals surface area contributed by atoms with Crippen LogP contribution in [0.5, 0.6) is 0 Å². The van der Waals surface area contributed by atoms with Crippen LogP contribution >= 0.6 is 0 Å². The molecule has 6 nitrogen and oxygen atoms in total. The first-order chi connectivity index (χ1) is 18.4. The standard InChI is InChI=1S/C32H40N2O4/c1-30-13-8-14-31(22-37-31)28(30)19-25-26(29(35)38-27(25)20-30)21-33-15-17-34(18-16-33)32(36,23-9-4-2-5-10-23)24-11-6-3-7-12-24/h2-7,9-12,25-28,36H,8,13-22H2,1H3/t25-,26+,27+,28-,30+,31-/m0/s1. The van der Waals surface area contributed by atoms with Crippen LogP contribution in [0.25, 0.3) is 0 Å². The van der Waals surface area contributed by atoms with Gasteiger partial charge in [-0.25, -0.2) is 0 Å². The van der Waals surface area contributed by atoms with Gasteiger partial charge >= 0.3 is 5.97 Å². The second-order valence-corrected chi connectivity index (χ2v) is 12.8. The number of carbonyl (C=O) groups is 1. The van der Waals surface area contributed by atoms with Crippen molar-refractivity contribution in [3.8, 4) is 0 Å². The maximum Gasteiger partial charge on any atom is 0.310 e. The molecule has 0 bridgehead atoms. The third-order valence-electron chi connectivity index (χ3n) is 10.7. The van der Waals surface area contributed by atoms with E-state index < -0.39 is 5.72 Å². The van der Waals surface area contributed by atoms with Crippen molar-refractivity contribution >= 4 is 5.97 Å². The molecule has 7 rings (SSSR count). The van der Waals surface area contributed by atoms with E-state index in [4.69, 9.17) is 9.47 Å². The number of carbonyl (C=O) groups excluding carboxylic acids is 1. The summed E-state index contributed by atoms with van der Waals surface area (Å²) in [7, 11) is 0. The van der Waals surface area contributed by atoms with E-state index in [1.54, 1.807) is 0 Å². The summed E-state index contributed by atoms with van der Waals surface area (Å²) in [4.78, 5) is 17.8. The molecule has 2 saturated carbocycles. The average molecular weight is 517 g/mol. The van der Waals surface area contributed by atoms with Crippen LogP contribution in [0.15, 0.2) is 60.7 Å². The summed E-state index contributed by atoms with van der Waals surface area (Å²) in [5.41, 5.74) is 0.904. The highest BCUT2D eigenvalue weighted by atomic mass is 16.6. The van der Waals surface area contributed by atoms with Crippen LogP contribution in [0.2, 0.25) is 0 Å². The molecule has 5 fully saturated rings. The van der Waals surface area contributed by atoms with Crippen molar-refractivity contribution in [2.45, 2.75) is 56.5 Å². The number of hydrogen-bond donors (Lipinski definition) is 1. The lowest BCUT2D eigenvalue weighted by atomic mass is 9.53. The van der Waals surface area contributed by atoms with Crippen molar-refractivity contribution in [2.75, 3.05) is 39.3 Å². The Morgan fingerprint density at radius 1 is 0.974 bits per heavy atom. The van der Waals surface area contributed by atoms with Crippen LogP contribution in [0.4, 0.5) is 0 Å². The fourth-order valence-electron chi connectivity index (χ4n) is 8.57. The Balaban J connectivity index is 1.05. The third kappa shape index (κ3) is 3.95. The van der Waals surface area contributed by atoms with E-state index in [2.05, 4.69) is 16.7 Å². The number of rotatable bonds is 5. The van der Waals surface area contributed by atoms with Crippen molar-refractivity contribution in [2.24, 2.45) is 23.2 Å². The molecular formula is C32H40N2O4. The molecule has 2 aliphatic carbocycles. The van der Waals surface area contributed by atoms with E-state index in [0.717, 1.165) is 63.3 Å². The van der Waals surface area contributed by atoms with Gasteiger partial charge in [0.15, 0.2) is 5.72 Å². The monoisotopic (exact) mass is 516 g/mol. The van der Waals surface area contributed by atoms with Crippen LogP contribution in [0.3, 0.4) is 0 Å². The zero-order valence-corrected chi connectivity index (χ0v) is 22.4. The topological polar surface area (TPSA) is 65.5 Å². The number of benzene rings is 2. The molecule has 3 aliphatic heterocycles. The lowest BCUT2D eigenvalue weighted by Gasteiger charge is -2.51. The van der Waals surface area contributed by atoms with Gasteiger partial charge in [0.05, 0.1) is 18.1 Å². The summed E-state index contributed by atoms with van der Waals surface area (Å²) < 4.78 is 12.1. The van der Waals surface area contributed by atoms with E-state index in [1.165, 1.54) is 19.3 Å². The predicted molar refractivity (Wildman–Crippen MR) is 144 cm³/mol. The summed E-state index contributed by atoms with van der Waals surface area (Å²) in [6.45, 7) is 7.16. The maximum atomic E-state index is 13.2. The molecule has 0 amide bonds. The number of hydrogen-bond acceptors (Lipinski definition) is 6. The first kappa shape index (κ1) is 24.8. The quantitative estimate of drug-likeness (QED) is 0.478. The van der Waals surface area contributed by atoms with Gasteiger partial charge in [0, 0.05) is 49.8 Å². The number of esters is 1. The van der Waals surface area contributed by atoms with E-state index in [1.807, 2.05) is 60.7 Å². The molecule has 6 heteroatoms. The van der Waals surface area contributed by atoms with Crippen LogP contribution in [-0.2, 0) is 20.0 Å². The number of nitrogens with zero attached hydrogens (tertiary/aromatic N) is 2. The van der Waals surface area contributed by atoms with Gasteiger partial charge in [-0.05, 0) is 43.4 Å². The average Bonchev–Trinajstić information content (AvgIpc) is 3.65. The molecule has 1 N–H and O–H groups in total. The number of fused-ring (bicyclic) bond motifs is 3. The molecule has 3 saturated heterocycles. The molecule has 0 radical (unpaired) electrons. The minimum Gasteiger partial charge on any atom is -0.462 e. The SMILES string of the molecule is C[C@]12CCC[C@]3(CO3)[C@H]1C[C@@H]1[C@@H](C2)OC(=O)[C@@H]1CN1CCN(C(O)(c2ccccc2)c2ccccc2)CC1. The van der Waals surface area contributed by atoms with Crippen LogP contribution in [0.1, 0.15) is 50.2 Å². The number of ether oxygens (including phenoxy) is 2. The molecule has 3 heterocycles. The van der Waals surface area contributed by atoms with Gasteiger partial charge in [0.1, 0.15) is 6.10 Å². The Bertz CT molecular complexity index is 1120. The first-order valence-electron chi connectivity index (χ1n) is 14.6. The lowest BCUT2D eigenvalue weighted by molar-refractivity contribution is -0.147. The van der Waals surface area contributed by atoms with E-state index in [-0.39, 0.29) is 29.0 Å². The Morgan fingerprint density at radius 2 is 1.61 bits per heavy atom. The van der Waals surface area contributed by atoms with Gasteiger partial charge in [-0.2, -0.15) is 0 Å². The number of piperazine rings is 1. The maximum absolute atomic E-state index is 13.2. The summed E-state index contributed by atoms with van der Waals surface area (Å²) in [5.74, 6) is 0.783. The molecule has 2 aromatic rings. The van der Waals surface area contributed by atoms with Gasteiger partial charge in [0.25, 0.3) is 0 Å². The van der Waals surface area contributed by atoms with Crippen LogP contribution in [0, 0.1) is 23.2 Å². The van der Waals surface area contributed by atoms with Gasteiger partial charge in [-0.1, -0.05) is 67.6 Å². The van der Waals surface area contributed by atoms with Crippen LogP contribution in [-0.4, -0.2) is 71.9 Å². The highest BCUT2D eigenvalue weighted by molar-refractivity contribution is 5.75. The fraction of sp³-hybridized carbons (Fsp3) is 0.594. The molecule has 5 aliphatic rings. The molecule has 6 atom stereocenters. The summed E-state index contributed by atoms with van der Waals surface area (Å²) in [5, 5.41) is 12.2. The van der Waals surface area contributed by atoms with Crippen molar-refractivity contribution in [3.63, 3.8) is 0 Å². The minimum atomic E-state index is -1.18. The van der Waals surface area contributed by atoms with Gasteiger partial charge < -0.3 is 14.6 Å². The molecule has 0 aromatic heterocycles. The molecule has 0 unspecified atom stereocenters. The smallest absolute Gasteiger partial charge is 0.310 e. The Hall–Kier alpha value is -2.25. The zero-order valence-electron chi connectivity index (χ0n) is 22.4. The van der Waals surface area contributed by atoms with Crippen molar-refractivity contribution in [1.29, 1.82) is 0 Å². The Labute approximate surface area is 225 Å². The van der Waals surface area contributed by atoms with E-state index in [0.29, 0.717) is 11.8 Å². The first-order valence-corrected chi connectivity index (χ1v) is 14.6. The normalized spacial score (nSPS) is 37.5. The molecular weight excluding hydrogens is 476 g/mol. The molecule has 2 aromatic carbocycles. The highest BCUT2D eigenvalue weighted by Crippen LogP contribution is 2.62. The second-order valence-electron chi connectivity index (χ2n) is 12.8. The summed E-state index contributed by atoms with van der Waals surface area (Å²) in [6.07, 6.45) is 5.73. The van der Waals surface area contributed by atoms with Crippen molar-refractivity contribution in [1.82, 2.24) is 9.80 Å². The highest BCUT2D eigenvalue weighted by Gasteiger charge is 2.65. The molecule has 202 valence electrons. The second kappa shape index (κ2) is 9.16.